The molecule has 1 aliphatic rings. The zero-order valence-electron chi connectivity index (χ0n) is 14.4. The van der Waals surface area contributed by atoms with Gasteiger partial charge in [-0.25, -0.2) is 0 Å². The molecule has 6 heteroatoms. The molecule has 0 saturated heterocycles. The Labute approximate surface area is 145 Å². The molecule has 3 rings (SSSR count). The van der Waals surface area contributed by atoms with Crippen LogP contribution in [-0.2, 0) is 7.05 Å². The molecule has 25 heavy (non-hydrogen) atoms. The van der Waals surface area contributed by atoms with Crippen LogP contribution in [0.15, 0.2) is 46.6 Å². The Morgan fingerprint density at radius 1 is 1.40 bits per heavy atom. The smallest absolute Gasteiger partial charge is 0.258 e. The lowest BCUT2D eigenvalue weighted by Gasteiger charge is -2.27. The van der Waals surface area contributed by atoms with E-state index in [0.29, 0.717) is 29.2 Å². The molecular formula is C19H19N3O3. The van der Waals surface area contributed by atoms with Crippen molar-refractivity contribution >= 4 is 0 Å². The second kappa shape index (κ2) is 6.36. The number of nitriles is 1. The molecule has 0 aliphatic carbocycles. The molecule has 0 radical (unpaired) electrons. The highest BCUT2D eigenvalue weighted by atomic mass is 16.5. The standard InChI is InChI=1S/C19H19N3O3/c1-4-24-14-8-6-5-7-12(14)16-13(10-20)18(21)25-15-9-11(2)22(3)19(23)17(15)16/h5-9,16H,4,21H2,1-3H3/t16-/m1/s1. The minimum atomic E-state index is -0.629. The Morgan fingerprint density at radius 2 is 2.12 bits per heavy atom. The molecular weight excluding hydrogens is 318 g/mol. The van der Waals surface area contributed by atoms with E-state index in [9.17, 15) is 10.1 Å². The number of nitrogens with zero attached hydrogens (tertiary/aromatic N) is 2. The topological polar surface area (TPSA) is 90.3 Å². The number of nitrogens with two attached hydrogens (primary N) is 1. The summed E-state index contributed by atoms with van der Waals surface area (Å²) in [5, 5.41) is 9.64. The number of aryl methyl sites for hydroxylation is 1. The van der Waals surface area contributed by atoms with E-state index in [1.165, 1.54) is 4.57 Å². The van der Waals surface area contributed by atoms with E-state index in [4.69, 9.17) is 15.2 Å². The first-order valence-corrected chi connectivity index (χ1v) is 7.99. The van der Waals surface area contributed by atoms with Crippen LogP contribution in [0.25, 0.3) is 0 Å². The summed E-state index contributed by atoms with van der Waals surface area (Å²) in [5.41, 5.74) is 7.83. The van der Waals surface area contributed by atoms with Gasteiger partial charge in [0.05, 0.1) is 18.1 Å². The maximum Gasteiger partial charge on any atom is 0.258 e. The molecule has 0 bridgehead atoms. The van der Waals surface area contributed by atoms with Crippen LogP contribution >= 0.6 is 0 Å². The lowest BCUT2D eigenvalue weighted by Crippen LogP contribution is -2.31. The number of hydrogen-bond donors (Lipinski definition) is 1. The maximum atomic E-state index is 12.9. The van der Waals surface area contributed by atoms with Crippen molar-refractivity contribution in [3.63, 3.8) is 0 Å². The lowest BCUT2D eigenvalue weighted by atomic mass is 9.83. The maximum absolute atomic E-state index is 12.9. The van der Waals surface area contributed by atoms with Gasteiger partial charge in [0.2, 0.25) is 5.88 Å². The quantitative estimate of drug-likeness (QED) is 0.928. The van der Waals surface area contributed by atoms with Crippen molar-refractivity contribution in [3.05, 3.63) is 69.0 Å². The molecule has 0 amide bonds. The highest BCUT2D eigenvalue weighted by Crippen LogP contribution is 2.43. The number of pyridine rings is 1. The largest absolute Gasteiger partial charge is 0.494 e. The number of aromatic nitrogens is 1. The van der Waals surface area contributed by atoms with Gasteiger partial charge in [-0.1, -0.05) is 18.2 Å². The second-order valence-corrected chi connectivity index (χ2v) is 5.82. The fourth-order valence-electron chi connectivity index (χ4n) is 3.06. The van der Waals surface area contributed by atoms with Gasteiger partial charge in [-0.15, -0.1) is 0 Å². The van der Waals surface area contributed by atoms with Crippen LogP contribution in [0, 0.1) is 18.3 Å². The summed E-state index contributed by atoms with van der Waals surface area (Å²) >= 11 is 0. The summed E-state index contributed by atoms with van der Waals surface area (Å²) in [6.07, 6.45) is 0. The van der Waals surface area contributed by atoms with Crippen molar-refractivity contribution in [1.29, 1.82) is 5.26 Å². The van der Waals surface area contributed by atoms with Crippen LogP contribution in [0.1, 0.15) is 29.7 Å². The third-order valence-corrected chi connectivity index (χ3v) is 4.38. The van der Waals surface area contributed by atoms with E-state index in [2.05, 4.69) is 6.07 Å². The Kier molecular flexibility index (Phi) is 4.24. The van der Waals surface area contributed by atoms with Crippen LogP contribution < -0.4 is 20.8 Å². The number of rotatable bonds is 3. The van der Waals surface area contributed by atoms with Crippen LogP contribution in [0.4, 0.5) is 0 Å². The van der Waals surface area contributed by atoms with Crippen molar-refractivity contribution in [2.24, 2.45) is 12.8 Å². The number of allylic oxidation sites excluding steroid dienone is 1. The summed E-state index contributed by atoms with van der Waals surface area (Å²) in [4.78, 5) is 12.9. The Hall–Kier alpha value is -3.20. The van der Waals surface area contributed by atoms with Crippen LogP contribution in [0.5, 0.6) is 11.5 Å². The number of fused-ring (bicyclic) bond motifs is 1. The normalized spacial score (nSPS) is 16.0. The molecule has 0 saturated carbocycles. The zero-order valence-corrected chi connectivity index (χ0v) is 14.4. The number of para-hydroxylation sites is 1. The van der Waals surface area contributed by atoms with E-state index >= 15 is 0 Å². The van der Waals surface area contributed by atoms with Gasteiger partial charge in [0.25, 0.3) is 5.56 Å². The first-order chi connectivity index (χ1) is 12.0. The molecule has 128 valence electrons. The van der Waals surface area contributed by atoms with Gasteiger partial charge in [0, 0.05) is 24.4 Å². The molecule has 2 aromatic rings. The predicted octanol–water partition coefficient (Wildman–Crippen LogP) is 2.31. The minimum absolute atomic E-state index is 0.0129. The van der Waals surface area contributed by atoms with E-state index < -0.39 is 5.92 Å². The van der Waals surface area contributed by atoms with Crippen molar-refractivity contribution in [3.8, 4) is 17.6 Å². The van der Waals surface area contributed by atoms with E-state index in [-0.39, 0.29) is 17.0 Å². The lowest BCUT2D eigenvalue weighted by molar-refractivity contribution is 0.334. The fourth-order valence-corrected chi connectivity index (χ4v) is 3.06. The molecule has 0 fully saturated rings. The SMILES string of the molecule is CCOc1ccccc1[C@@H]1C(C#N)=C(N)Oc2cc(C)n(C)c(=O)c21. The average Bonchev–Trinajstić information content (AvgIpc) is 2.59. The first-order valence-electron chi connectivity index (χ1n) is 7.99. The van der Waals surface area contributed by atoms with Gasteiger partial charge >= 0.3 is 0 Å². The van der Waals surface area contributed by atoms with Crippen LogP contribution in [-0.4, -0.2) is 11.2 Å². The Morgan fingerprint density at radius 3 is 2.80 bits per heavy atom. The third kappa shape index (κ3) is 2.64. The molecule has 1 aliphatic heterocycles. The predicted molar refractivity (Wildman–Crippen MR) is 93.3 cm³/mol. The Balaban J connectivity index is 2.35. The first kappa shape index (κ1) is 16.7. The van der Waals surface area contributed by atoms with Gasteiger partial charge in [0.15, 0.2) is 0 Å². The molecule has 1 aromatic heterocycles. The fraction of sp³-hybridized carbons (Fsp3) is 0.263. The molecule has 0 unspecified atom stereocenters. The van der Waals surface area contributed by atoms with Gasteiger partial charge in [-0.2, -0.15) is 5.26 Å². The number of ether oxygens (including phenoxy) is 2. The van der Waals surface area contributed by atoms with E-state index in [1.807, 2.05) is 38.1 Å². The summed E-state index contributed by atoms with van der Waals surface area (Å²) in [5.74, 6) is 0.384. The van der Waals surface area contributed by atoms with Crippen LogP contribution in [0.3, 0.4) is 0 Å². The highest BCUT2D eigenvalue weighted by Gasteiger charge is 2.35. The van der Waals surface area contributed by atoms with Gasteiger partial charge in [-0.3, -0.25) is 4.79 Å². The molecule has 6 nitrogen and oxygen atoms in total. The van der Waals surface area contributed by atoms with Crippen molar-refractivity contribution in [2.75, 3.05) is 6.61 Å². The Bertz CT molecular complexity index is 967. The van der Waals surface area contributed by atoms with E-state index in [1.54, 1.807) is 13.1 Å². The van der Waals surface area contributed by atoms with Gasteiger partial charge in [-0.05, 0) is 19.9 Å². The van der Waals surface area contributed by atoms with Gasteiger partial charge in [0.1, 0.15) is 23.1 Å². The van der Waals surface area contributed by atoms with E-state index in [0.717, 1.165) is 5.69 Å². The zero-order chi connectivity index (χ0) is 18.1. The highest BCUT2D eigenvalue weighted by molar-refractivity contribution is 5.58. The van der Waals surface area contributed by atoms with Crippen LogP contribution in [0.2, 0.25) is 0 Å². The van der Waals surface area contributed by atoms with Crippen molar-refractivity contribution < 1.29 is 9.47 Å². The summed E-state index contributed by atoms with van der Waals surface area (Å²) in [6.45, 7) is 4.17. The summed E-state index contributed by atoms with van der Waals surface area (Å²) in [7, 11) is 1.69. The molecule has 2 N–H and O–H groups in total. The average molecular weight is 337 g/mol. The monoisotopic (exact) mass is 337 g/mol. The summed E-state index contributed by atoms with van der Waals surface area (Å²) in [6, 6.07) is 11.2. The molecule has 1 aromatic carbocycles. The minimum Gasteiger partial charge on any atom is -0.494 e. The van der Waals surface area contributed by atoms with Crippen molar-refractivity contribution in [2.45, 2.75) is 19.8 Å². The van der Waals surface area contributed by atoms with Crippen molar-refractivity contribution in [1.82, 2.24) is 4.57 Å². The molecule has 1 atom stereocenters. The summed E-state index contributed by atoms with van der Waals surface area (Å²) < 4.78 is 12.8. The number of benzene rings is 1. The molecule has 2 heterocycles. The second-order valence-electron chi connectivity index (χ2n) is 5.82. The number of hydrogen-bond acceptors (Lipinski definition) is 5. The van der Waals surface area contributed by atoms with Gasteiger partial charge < -0.3 is 19.8 Å². The third-order valence-electron chi connectivity index (χ3n) is 4.38. The molecule has 0 spiro atoms.